The number of ether oxygens (including phenoxy) is 1. The van der Waals surface area contributed by atoms with Crippen molar-refractivity contribution in [2.75, 3.05) is 39.2 Å². The van der Waals surface area contributed by atoms with E-state index in [4.69, 9.17) is 4.74 Å². The van der Waals surface area contributed by atoms with Crippen molar-refractivity contribution in [3.8, 4) is 5.75 Å². The van der Waals surface area contributed by atoms with Crippen molar-refractivity contribution < 1.29 is 9.66 Å². The summed E-state index contributed by atoms with van der Waals surface area (Å²) in [5.41, 5.74) is 0.974. The fourth-order valence-electron chi connectivity index (χ4n) is 2.01. The SMILES string of the molecule is COc1cc(N2CC(N(C)C)C2)ccc1[N+](=O)[O-]. The molecule has 0 bridgehead atoms. The van der Waals surface area contributed by atoms with Gasteiger partial charge in [0.05, 0.1) is 12.0 Å². The van der Waals surface area contributed by atoms with Crippen LogP contribution in [0.2, 0.25) is 0 Å². The third kappa shape index (κ3) is 2.24. The van der Waals surface area contributed by atoms with E-state index in [9.17, 15) is 10.1 Å². The number of anilines is 1. The number of nitro groups is 1. The molecule has 1 heterocycles. The van der Waals surface area contributed by atoms with Crippen molar-refractivity contribution in [2.45, 2.75) is 6.04 Å². The Labute approximate surface area is 106 Å². The molecule has 0 unspecified atom stereocenters. The number of hydrogen-bond donors (Lipinski definition) is 0. The van der Waals surface area contributed by atoms with Crippen molar-refractivity contribution in [1.29, 1.82) is 0 Å². The lowest BCUT2D eigenvalue weighted by Crippen LogP contribution is -2.57. The van der Waals surface area contributed by atoms with Crippen molar-refractivity contribution in [3.05, 3.63) is 28.3 Å². The summed E-state index contributed by atoms with van der Waals surface area (Å²) in [5, 5.41) is 10.8. The van der Waals surface area contributed by atoms with E-state index in [1.54, 1.807) is 12.1 Å². The number of nitro benzene ring substituents is 1. The average molecular weight is 251 g/mol. The summed E-state index contributed by atoms with van der Waals surface area (Å²) in [4.78, 5) is 14.7. The molecule has 0 atom stereocenters. The quantitative estimate of drug-likeness (QED) is 0.597. The van der Waals surface area contributed by atoms with Crippen LogP contribution in [0.1, 0.15) is 0 Å². The van der Waals surface area contributed by atoms with E-state index in [-0.39, 0.29) is 5.69 Å². The number of nitrogens with zero attached hydrogens (tertiary/aromatic N) is 3. The van der Waals surface area contributed by atoms with Gasteiger partial charge in [0.1, 0.15) is 0 Å². The maximum absolute atomic E-state index is 10.8. The Morgan fingerprint density at radius 3 is 2.61 bits per heavy atom. The van der Waals surface area contributed by atoms with Crippen molar-refractivity contribution in [3.63, 3.8) is 0 Å². The molecular formula is C12H17N3O3. The fourth-order valence-corrected chi connectivity index (χ4v) is 2.01. The van der Waals surface area contributed by atoms with Crippen molar-refractivity contribution in [1.82, 2.24) is 4.90 Å². The Morgan fingerprint density at radius 2 is 2.11 bits per heavy atom. The molecule has 0 radical (unpaired) electrons. The largest absolute Gasteiger partial charge is 0.490 e. The van der Waals surface area contributed by atoms with Crippen LogP contribution >= 0.6 is 0 Å². The second kappa shape index (κ2) is 4.81. The molecule has 1 aromatic carbocycles. The molecule has 18 heavy (non-hydrogen) atoms. The molecule has 0 spiro atoms. The zero-order valence-corrected chi connectivity index (χ0v) is 10.8. The van der Waals surface area contributed by atoms with Gasteiger partial charge in [-0.05, 0) is 20.2 Å². The fraction of sp³-hybridized carbons (Fsp3) is 0.500. The van der Waals surface area contributed by atoms with Gasteiger partial charge in [0, 0.05) is 37.0 Å². The van der Waals surface area contributed by atoms with Gasteiger partial charge in [-0.1, -0.05) is 0 Å². The molecule has 1 aliphatic rings. The highest BCUT2D eigenvalue weighted by Gasteiger charge is 2.29. The predicted molar refractivity (Wildman–Crippen MR) is 69.3 cm³/mol. The molecule has 0 N–H and O–H groups in total. The van der Waals surface area contributed by atoms with Gasteiger partial charge in [0.25, 0.3) is 0 Å². The molecule has 1 fully saturated rings. The minimum atomic E-state index is -0.429. The van der Waals surface area contributed by atoms with E-state index in [1.807, 2.05) is 0 Å². The first-order valence-electron chi connectivity index (χ1n) is 5.76. The lowest BCUT2D eigenvalue weighted by Gasteiger charge is -2.44. The molecule has 0 saturated carbocycles. The lowest BCUT2D eigenvalue weighted by molar-refractivity contribution is -0.385. The Hall–Kier alpha value is -1.82. The molecule has 2 rings (SSSR count). The molecule has 0 aromatic heterocycles. The summed E-state index contributed by atoms with van der Waals surface area (Å²) in [7, 11) is 5.56. The number of hydrogen-bond acceptors (Lipinski definition) is 5. The second-order valence-corrected chi connectivity index (χ2v) is 4.64. The van der Waals surface area contributed by atoms with Crippen molar-refractivity contribution in [2.24, 2.45) is 0 Å². The standard InChI is InChI=1S/C12H17N3O3/c1-13(2)10-7-14(8-10)9-4-5-11(15(16)17)12(6-9)18-3/h4-6,10H,7-8H2,1-3H3. The van der Waals surface area contributed by atoms with Gasteiger partial charge in [0.2, 0.25) is 0 Å². The first-order valence-corrected chi connectivity index (χ1v) is 5.76. The van der Waals surface area contributed by atoms with Gasteiger partial charge < -0.3 is 14.5 Å². The minimum absolute atomic E-state index is 0.00549. The van der Waals surface area contributed by atoms with E-state index in [2.05, 4.69) is 23.9 Å². The van der Waals surface area contributed by atoms with Crippen LogP contribution in [0.4, 0.5) is 11.4 Å². The lowest BCUT2D eigenvalue weighted by atomic mass is 10.1. The maximum atomic E-state index is 10.8. The van der Waals surface area contributed by atoms with E-state index in [0.717, 1.165) is 18.8 Å². The summed E-state index contributed by atoms with van der Waals surface area (Å²) in [6, 6.07) is 5.54. The average Bonchev–Trinajstić information content (AvgIpc) is 2.25. The molecule has 1 saturated heterocycles. The molecule has 6 heteroatoms. The predicted octanol–water partition coefficient (Wildman–Crippen LogP) is 1.35. The van der Waals surface area contributed by atoms with Gasteiger partial charge in [-0.25, -0.2) is 0 Å². The van der Waals surface area contributed by atoms with Gasteiger partial charge in [0.15, 0.2) is 5.75 Å². The minimum Gasteiger partial charge on any atom is -0.490 e. The van der Waals surface area contributed by atoms with Crippen LogP contribution < -0.4 is 9.64 Å². The topological polar surface area (TPSA) is 58.8 Å². The van der Waals surface area contributed by atoms with E-state index in [0.29, 0.717) is 11.8 Å². The summed E-state index contributed by atoms with van der Waals surface area (Å²) in [6.45, 7) is 1.88. The van der Waals surface area contributed by atoms with Crippen LogP contribution in [-0.2, 0) is 0 Å². The van der Waals surface area contributed by atoms with Crippen LogP contribution in [0.5, 0.6) is 5.75 Å². The van der Waals surface area contributed by atoms with Crippen LogP contribution in [-0.4, -0.2) is 50.2 Å². The number of methoxy groups -OCH3 is 1. The maximum Gasteiger partial charge on any atom is 0.311 e. The molecule has 98 valence electrons. The smallest absolute Gasteiger partial charge is 0.311 e. The van der Waals surface area contributed by atoms with E-state index < -0.39 is 4.92 Å². The summed E-state index contributed by atoms with van der Waals surface area (Å²) in [5.74, 6) is 0.311. The third-order valence-electron chi connectivity index (χ3n) is 3.32. The highest BCUT2D eigenvalue weighted by atomic mass is 16.6. The third-order valence-corrected chi connectivity index (χ3v) is 3.32. The summed E-state index contributed by atoms with van der Waals surface area (Å²) >= 11 is 0. The van der Waals surface area contributed by atoms with E-state index >= 15 is 0 Å². The monoisotopic (exact) mass is 251 g/mol. The van der Waals surface area contributed by atoms with Gasteiger partial charge >= 0.3 is 5.69 Å². The zero-order chi connectivity index (χ0) is 13.3. The first kappa shape index (κ1) is 12.6. The Kier molecular flexibility index (Phi) is 3.38. The number of rotatable bonds is 4. The van der Waals surface area contributed by atoms with Gasteiger partial charge in [-0.15, -0.1) is 0 Å². The second-order valence-electron chi connectivity index (χ2n) is 4.64. The molecule has 0 amide bonds. The highest BCUT2D eigenvalue weighted by Crippen LogP contribution is 2.33. The molecule has 0 aliphatic carbocycles. The van der Waals surface area contributed by atoms with Gasteiger partial charge in [-0.3, -0.25) is 10.1 Å². The number of benzene rings is 1. The normalized spacial score (nSPS) is 15.7. The molecular weight excluding hydrogens is 234 g/mol. The van der Waals surface area contributed by atoms with Crippen LogP contribution in [0.25, 0.3) is 0 Å². The zero-order valence-electron chi connectivity index (χ0n) is 10.8. The first-order chi connectivity index (χ1) is 8.52. The van der Waals surface area contributed by atoms with Crippen LogP contribution in [0, 0.1) is 10.1 Å². The summed E-state index contributed by atoms with van der Waals surface area (Å²) in [6.07, 6.45) is 0. The number of likely N-dealkylation sites (N-methyl/N-ethyl adjacent to an activating group) is 1. The van der Waals surface area contributed by atoms with Crippen LogP contribution in [0.3, 0.4) is 0 Å². The van der Waals surface area contributed by atoms with E-state index in [1.165, 1.54) is 13.2 Å². The van der Waals surface area contributed by atoms with Crippen LogP contribution in [0.15, 0.2) is 18.2 Å². The Morgan fingerprint density at radius 1 is 1.44 bits per heavy atom. The Bertz CT molecular complexity index is 456. The van der Waals surface area contributed by atoms with Crippen molar-refractivity contribution >= 4 is 11.4 Å². The molecule has 1 aliphatic heterocycles. The van der Waals surface area contributed by atoms with Gasteiger partial charge in [-0.2, -0.15) is 0 Å². The molecule has 6 nitrogen and oxygen atoms in total. The highest BCUT2D eigenvalue weighted by molar-refractivity contribution is 5.60. The molecule has 1 aromatic rings. The Balaban J connectivity index is 2.14. The summed E-state index contributed by atoms with van der Waals surface area (Å²) < 4.78 is 5.06.